The van der Waals surface area contributed by atoms with Gasteiger partial charge in [-0.15, -0.1) is 0 Å². The van der Waals surface area contributed by atoms with Gasteiger partial charge >= 0.3 is 12.0 Å². The normalized spacial score (nSPS) is 35.2. The largest absolute Gasteiger partial charge is 0.480 e. The molecule has 2 aliphatic rings. The highest BCUT2D eigenvalue weighted by atomic mass is 16.4. The molecule has 2 aliphatic carbocycles. The Balaban J connectivity index is 1.95. The van der Waals surface area contributed by atoms with Gasteiger partial charge in [-0.2, -0.15) is 0 Å². The molecule has 3 N–H and O–H groups in total. The van der Waals surface area contributed by atoms with Crippen molar-refractivity contribution in [3.63, 3.8) is 0 Å². The number of aliphatic carboxylic acids is 1. The SMILES string of the molecule is CC1CCCC(NC(=O)NC2CCC(C)(C)C2)(C(=O)O)C1. The molecule has 2 amide bonds. The molecule has 0 aromatic heterocycles. The second-order valence-corrected chi connectivity index (χ2v) is 7.79. The van der Waals surface area contributed by atoms with Crippen LogP contribution in [-0.2, 0) is 4.79 Å². The van der Waals surface area contributed by atoms with Crippen LogP contribution in [0.2, 0.25) is 0 Å². The van der Waals surface area contributed by atoms with E-state index in [1.807, 2.05) is 0 Å². The van der Waals surface area contributed by atoms with Crippen molar-refractivity contribution >= 4 is 12.0 Å². The highest BCUT2D eigenvalue weighted by molar-refractivity contribution is 5.86. The standard InChI is InChI=1S/C16H28N2O3/c1-11-5-4-7-16(9-11,13(19)20)18-14(21)17-12-6-8-15(2,3)10-12/h11-12H,4-10H2,1-3H3,(H,19,20)(H2,17,18,21). The smallest absolute Gasteiger partial charge is 0.329 e. The van der Waals surface area contributed by atoms with Gasteiger partial charge in [0.1, 0.15) is 5.54 Å². The summed E-state index contributed by atoms with van der Waals surface area (Å²) in [5.74, 6) is -0.573. The number of hydrogen-bond donors (Lipinski definition) is 3. The summed E-state index contributed by atoms with van der Waals surface area (Å²) < 4.78 is 0. The van der Waals surface area contributed by atoms with Crippen LogP contribution in [0.4, 0.5) is 4.79 Å². The van der Waals surface area contributed by atoms with E-state index >= 15 is 0 Å². The van der Waals surface area contributed by atoms with Crippen LogP contribution in [0.1, 0.15) is 65.7 Å². The van der Waals surface area contributed by atoms with Gasteiger partial charge in [0.2, 0.25) is 0 Å². The molecule has 3 unspecified atom stereocenters. The number of carbonyl (C=O) groups excluding carboxylic acids is 1. The molecule has 2 saturated carbocycles. The molecule has 3 atom stereocenters. The van der Waals surface area contributed by atoms with Gasteiger partial charge in [-0.25, -0.2) is 9.59 Å². The number of carbonyl (C=O) groups is 2. The van der Waals surface area contributed by atoms with Crippen LogP contribution >= 0.6 is 0 Å². The van der Waals surface area contributed by atoms with Crippen LogP contribution in [0.3, 0.4) is 0 Å². The summed E-state index contributed by atoms with van der Waals surface area (Å²) >= 11 is 0. The van der Waals surface area contributed by atoms with Gasteiger partial charge in [0.05, 0.1) is 0 Å². The number of urea groups is 1. The second kappa shape index (κ2) is 5.85. The molecular formula is C16H28N2O3. The fourth-order valence-electron chi connectivity index (χ4n) is 3.91. The van der Waals surface area contributed by atoms with Gasteiger partial charge in [-0.1, -0.05) is 33.6 Å². The number of amides is 2. The molecule has 0 radical (unpaired) electrons. The van der Waals surface area contributed by atoms with E-state index in [0.717, 1.165) is 32.1 Å². The minimum absolute atomic E-state index is 0.159. The fourth-order valence-corrected chi connectivity index (χ4v) is 3.91. The average Bonchev–Trinajstić information content (AvgIpc) is 2.68. The van der Waals surface area contributed by atoms with E-state index < -0.39 is 11.5 Å². The molecule has 0 saturated heterocycles. The van der Waals surface area contributed by atoms with Crippen molar-refractivity contribution in [3.8, 4) is 0 Å². The van der Waals surface area contributed by atoms with E-state index in [9.17, 15) is 14.7 Å². The molecule has 0 bridgehead atoms. The third-order valence-corrected chi connectivity index (χ3v) is 5.06. The number of carboxylic acids is 1. The predicted octanol–water partition coefficient (Wildman–Crippen LogP) is 2.90. The summed E-state index contributed by atoms with van der Waals surface area (Å²) in [5, 5.41) is 15.3. The van der Waals surface area contributed by atoms with Crippen molar-refractivity contribution < 1.29 is 14.7 Å². The Morgan fingerprint density at radius 3 is 2.38 bits per heavy atom. The zero-order chi connectivity index (χ0) is 15.7. The van der Waals surface area contributed by atoms with E-state index in [0.29, 0.717) is 18.8 Å². The van der Waals surface area contributed by atoms with E-state index in [2.05, 4.69) is 31.4 Å². The van der Waals surface area contributed by atoms with Gasteiger partial charge in [0, 0.05) is 6.04 Å². The topological polar surface area (TPSA) is 78.4 Å². The molecule has 0 aromatic rings. The van der Waals surface area contributed by atoms with Crippen LogP contribution in [0.5, 0.6) is 0 Å². The lowest BCUT2D eigenvalue weighted by atomic mass is 9.76. The van der Waals surface area contributed by atoms with Crippen molar-refractivity contribution in [3.05, 3.63) is 0 Å². The molecule has 5 nitrogen and oxygen atoms in total. The number of hydrogen-bond acceptors (Lipinski definition) is 2. The minimum Gasteiger partial charge on any atom is -0.480 e. The molecule has 0 spiro atoms. The molecule has 2 rings (SSSR count). The first-order chi connectivity index (χ1) is 9.72. The van der Waals surface area contributed by atoms with Gasteiger partial charge in [0.15, 0.2) is 0 Å². The first kappa shape index (κ1) is 16.1. The van der Waals surface area contributed by atoms with Crippen LogP contribution < -0.4 is 10.6 Å². The average molecular weight is 296 g/mol. The first-order valence-corrected chi connectivity index (χ1v) is 8.05. The molecule has 0 aromatic carbocycles. The van der Waals surface area contributed by atoms with Crippen molar-refractivity contribution in [1.82, 2.24) is 10.6 Å². The third-order valence-electron chi connectivity index (χ3n) is 5.06. The van der Waals surface area contributed by atoms with Crippen molar-refractivity contribution in [2.24, 2.45) is 11.3 Å². The highest BCUT2D eigenvalue weighted by Crippen LogP contribution is 2.37. The molecule has 0 aliphatic heterocycles. The minimum atomic E-state index is -1.09. The zero-order valence-electron chi connectivity index (χ0n) is 13.4. The summed E-state index contributed by atoms with van der Waals surface area (Å²) in [6.45, 7) is 6.46. The van der Waals surface area contributed by atoms with E-state index in [4.69, 9.17) is 0 Å². The van der Waals surface area contributed by atoms with E-state index in [-0.39, 0.29) is 17.5 Å². The Kier molecular flexibility index (Phi) is 4.49. The quantitative estimate of drug-likeness (QED) is 0.749. The second-order valence-electron chi connectivity index (χ2n) is 7.79. The van der Waals surface area contributed by atoms with Crippen molar-refractivity contribution in [1.29, 1.82) is 0 Å². The number of carboxylic acid groups (broad SMARTS) is 1. The van der Waals surface area contributed by atoms with Gasteiger partial charge in [-0.3, -0.25) is 0 Å². The summed E-state index contributed by atoms with van der Waals surface area (Å²) in [5.41, 5.74) is -0.822. The first-order valence-electron chi connectivity index (χ1n) is 8.05. The lowest BCUT2D eigenvalue weighted by Crippen LogP contribution is -2.60. The molecule has 120 valence electrons. The molecule has 2 fully saturated rings. The maximum absolute atomic E-state index is 12.2. The maximum Gasteiger partial charge on any atom is 0.329 e. The highest BCUT2D eigenvalue weighted by Gasteiger charge is 2.43. The fraction of sp³-hybridized carbons (Fsp3) is 0.875. The number of rotatable bonds is 3. The van der Waals surface area contributed by atoms with Crippen molar-refractivity contribution in [2.75, 3.05) is 0 Å². The van der Waals surface area contributed by atoms with Crippen LogP contribution in [0.25, 0.3) is 0 Å². The summed E-state index contributed by atoms with van der Waals surface area (Å²) in [4.78, 5) is 23.9. The third kappa shape index (κ3) is 3.89. The van der Waals surface area contributed by atoms with Crippen LogP contribution in [0, 0.1) is 11.3 Å². The van der Waals surface area contributed by atoms with Gasteiger partial charge in [0.25, 0.3) is 0 Å². The van der Waals surface area contributed by atoms with E-state index in [1.54, 1.807) is 0 Å². The Bertz CT molecular complexity index is 422. The lowest BCUT2D eigenvalue weighted by Gasteiger charge is -2.37. The van der Waals surface area contributed by atoms with Crippen LogP contribution in [0.15, 0.2) is 0 Å². The predicted molar refractivity (Wildman–Crippen MR) is 81.1 cm³/mol. The summed E-state index contributed by atoms with van der Waals surface area (Å²) in [7, 11) is 0. The number of nitrogens with one attached hydrogen (secondary N) is 2. The van der Waals surface area contributed by atoms with Crippen LogP contribution in [-0.4, -0.2) is 28.7 Å². The van der Waals surface area contributed by atoms with Gasteiger partial charge < -0.3 is 15.7 Å². The molecular weight excluding hydrogens is 268 g/mol. The zero-order valence-corrected chi connectivity index (χ0v) is 13.4. The molecule has 0 heterocycles. The Hall–Kier alpha value is -1.26. The Morgan fingerprint density at radius 2 is 1.86 bits per heavy atom. The Morgan fingerprint density at radius 1 is 1.14 bits per heavy atom. The lowest BCUT2D eigenvalue weighted by molar-refractivity contribution is -0.146. The van der Waals surface area contributed by atoms with Gasteiger partial charge in [-0.05, 0) is 43.4 Å². The summed E-state index contributed by atoms with van der Waals surface area (Å²) in [6.07, 6.45) is 5.95. The maximum atomic E-state index is 12.2. The van der Waals surface area contributed by atoms with Crippen molar-refractivity contribution in [2.45, 2.75) is 77.3 Å². The van der Waals surface area contributed by atoms with E-state index in [1.165, 1.54) is 0 Å². The Labute approximate surface area is 126 Å². The monoisotopic (exact) mass is 296 g/mol. The summed E-state index contributed by atoms with van der Waals surface area (Å²) in [6, 6.07) is -0.166. The molecule has 21 heavy (non-hydrogen) atoms. The molecule has 5 heteroatoms.